The molecule has 0 bridgehead atoms. The van der Waals surface area contributed by atoms with E-state index in [1.54, 1.807) is 11.3 Å². The van der Waals surface area contributed by atoms with E-state index in [-0.39, 0.29) is 11.7 Å². The zero-order valence-electron chi connectivity index (χ0n) is 10.1. The summed E-state index contributed by atoms with van der Waals surface area (Å²) in [6, 6.07) is 7.46. The van der Waals surface area contributed by atoms with Crippen molar-refractivity contribution in [1.29, 1.82) is 0 Å². The average Bonchev–Trinajstić information content (AvgIpc) is 2.83. The van der Waals surface area contributed by atoms with Crippen LogP contribution in [0.2, 0.25) is 0 Å². The SMILES string of the molecule is CCC(C)C(N)C(=O)c1cccc2ccsc12. The van der Waals surface area contributed by atoms with Crippen LogP contribution in [0.3, 0.4) is 0 Å². The second-order valence-electron chi connectivity index (χ2n) is 4.42. The van der Waals surface area contributed by atoms with Gasteiger partial charge in [-0.2, -0.15) is 0 Å². The molecule has 0 saturated heterocycles. The predicted octanol–water partition coefficient (Wildman–Crippen LogP) is 3.46. The van der Waals surface area contributed by atoms with Crippen molar-refractivity contribution in [1.82, 2.24) is 0 Å². The van der Waals surface area contributed by atoms with Crippen molar-refractivity contribution in [3.05, 3.63) is 35.2 Å². The zero-order chi connectivity index (χ0) is 12.4. The summed E-state index contributed by atoms with van der Waals surface area (Å²) in [6.07, 6.45) is 0.924. The molecule has 90 valence electrons. The van der Waals surface area contributed by atoms with Crippen LogP contribution in [0.15, 0.2) is 29.6 Å². The number of carbonyl (C=O) groups is 1. The highest BCUT2D eigenvalue weighted by atomic mass is 32.1. The minimum atomic E-state index is -0.396. The summed E-state index contributed by atoms with van der Waals surface area (Å²) in [5.74, 6) is 0.283. The monoisotopic (exact) mass is 247 g/mol. The van der Waals surface area contributed by atoms with E-state index < -0.39 is 6.04 Å². The first-order chi connectivity index (χ1) is 8.15. The molecule has 1 aromatic carbocycles. The van der Waals surface area contributed by atoms with E-state index in [0.29, 0.717) is 0 Å². The van der Waals surface area contributed by atoms with Gasteiger partial charge in [0, 0.05) is 10.3 Å². The maximum Gasteiger partial charge on any atom is 0.181 e. The summed E-state index contributed by atoms with van der Waals surface area (Å²) in [6.45, 7) is 4.08. The lowest BCUT2D eigenvalue weighted by molar-refractivity contribution is 0.0937. The summed E-state index contributed by atoms with van der Waals surface area (Å²) in [5.41, 5.74) is 6.79. The summed E-state index contributed by atoms with van der Waals surface area (Å²) in [5, 5.41) is 3.13. The highest BCUT2D eigenvalue weighted by Gasteiger charge is 2.22. The Labute approximate surface area is 105 Å². The number of hydrogen-bond donors (Lipinski definition) is 1. The van der Waals surface area contributed by atoms with Gasteiger partial charge in [-0.25, -0.2) is 0 Å². The molecule has 0 fully saturated rings. The van der Waals surface area contributed by atoms with E-state index in [9.17, 15) is 4.79 Å². The van der Waals surface area contributed by atoms with E-state index in [2.05, 4.69) is 6.92 Å². The first-order valence-corrected chi connectivity index (χ1v) is 6.79. The molecule has 17 heavy (non-hydrogen) atoms. The van der Waals surface area contributed by atoms with Crippen molar-refractivity contribution in [2.45, 2.75) is 26.3 Å². The van der Waals surface area contributed by atoms with Crippen LogP contribution in [0, 0.1) is 5.92 Å². The standard InChI is InChI=1S/C14H17NOS/c1-3-9(2)12(15)13(16)11-6-4-5-10-7-8-17-14(10)11/h4-9,12H,3,15H2,1-2H3. The minimum Gasteiger partial charge on any atom is -0.321 e. The molecule has 0 amide bonds. The molecule has 0 spiro atoms. The Kier molecular flexibility index (Phi) is 3.60. The molecule has 1 aromatic heterocycles. The van der Waals surface area contributed by atoms with Crippen molar-refractivity contribution >= 4 is 27.2 Å². The molecule has 0 radical (unpaired) electrons. The molecule has 2 nitrogen and oxygen atoms in total. The Morgan fingerprint density at radius 1 is 1.41 bits per heavy atom. The molecule has 2 atom stereocenters. The van der Waals surface area contributed by atoms with Gasteiger partial charge in [0.25, 0.3) is 0 Å². The summed E-state index contributed by atoms with van der Waals surface area (Å²) in [4.78, 5) is 12.3. The molecule has 2 rings (SSSR count). The number of carbonyl (C=O) groups excluding carboxylic acids is 1. The molecule has 0 saturated carbocycles. The molecule has 2 N–H and O–H groups in total. The fourth-order valence-corrected chi connectivity index (χ4v) is 2.80. The molecule has 1 heterocycles. The maximum atomic E-state index is 12.3. The van der Waals surface area contributed by atoms with Crippen molar-refractivity contribution < 1.29 is 4.79 Å². The highest BCUT2D eigenvalue weighted by Crippen LogP contribution is 2.26. The van der Waals surface area contributed by atoms with Crippen LogP contribution >= 0.6 is 11.3 Å². The van der Waals surface area contributed by atoms with Crippen molar-refractivity contribution in [2.75, 3.05) is 0 Å². The van der Waals surface area contributed by atoms with Crippen LogP contribution < -0.4 is 5.73 Å². The number of rotatable bonds is 4. The van der Waals surface area contributed by atoms with E-state index in [1.165, 1.54) is 0 Å². The number of benzene rings is 1. The van der Waals surface area contributed by atoms with Crippen LogP contribution in [0.1, 0.15) is 30.6 Å². The third kappa shape index (κ3) is 2.26. The molecular formula is C14H17NOS. The summed E-state index contributed by atoms with van der Waals surface area (Å²) < 4.78 is 1.05. The van der Waals surface area contributed by atoms with Gasteiger partial charge < -0.3 is 5.73 Å². The van der Waals surface area contributed by atoms with E-state index in [0.717, 1.165) is 22.1 Å². The Morgan fingerprint density at radius 2 is 2.18 bits per heavy atom. The smallest absolute Gasteiger partial charge is 0.181 e. The molecule has 2 unspecified atom stereocenters. The van der Waals surface area contributed by atoms with Gasteiger partial charge in [0.1, 0.15) is 0 Å². The number of thiophene rings is 1. The largest absolute Gasteiger partial charge is 0.321 e. The van der Waals surface area contributed by atoms with Crippen LogP contribution in [0.4, 0.5) is 0 Å². The first kappa shape index (κ1) is 12.3. The number of Topliss-reactive ketones (excluding diaryl/α,β-unsaturated/α-hetero) is 1. The van der Waals surface area contributed by atoms with Crippen LogP contribution in [-0.2, 0) is 0 Å². The predicted molar refractivity (Wildman–Crippen MR) is 73.6 cm³/mol. The van der Waals surface area contributed by atoms with Crippen LogP contribution in [-0.4, -0.2) is 11.8 Å². The lowest BCUT2D eigenvalue weighted by Crippen LogP contribution is -2.36. The van der Waals surface area contributed by atoms with E-state index in [4.69, 9.17) is 5.73 Å². The molecule has 0 aliphatic heterocycles. The number of nitrogens with two attached hydrogens (primary N) is 1. The van der Waals surface area contributed by atoms with Gasteiger partial charge in [-0.05, 0) is 28.8 Å². The molecular weight excluding hydrogens is 230 g/mol. The molecule has 2 aromatic rings. The Hall–Kier alpha value is -1.19. The maximum absolute atomic E-state index is 12.3. The zero-order valence-corrected chi connectivity index (χ0v) is 11.0. The fourth-order valence-electron chi connectivity index (χ4n) is 1.88. The molecule has 0 aliphatic rings. The highest BCUT2D eigenvalue weighted by molar-refractivity contribution is 7.17. The Balaban J connectivity index is 2.39. The average molecular weight is 247 g/mol. The van der Waals surface area contributed by atoms with Gasteiger partial charge in [-0.1, -0.05) is 32.4 Å². The van der Waals surface area contributed by atoms with Gasteiger partial charge in [0.15, 0.2) is 5.78 Å². The lowest BCUT2D eigenvalue weighted by atomic mass is 9.92. The van der Waals surface area contributed by atoms with Gasteiger partial charge in [-0.3, -0.25) is 4.79 Å². The fraction of sp³-hybridized carbons (Fsp3) is 0.357. The third-order valence-corrected chi connectivity index (χ3v) is 4.27. The van der Waals surface area contributed by atoms with Crippen molar-refractivity contribution in [3.8, 4) is 0 Å². The van der Waals surface area contributed by atoms with E-state index in [1.807, 2.05) is 36.6 Å². The van der Waals surface area contributed by atoms with E-state index >= 15 is 0 Å². The summed E-state index contributed by atoms with van der Waals surface area (Å²) in [7, 11) is 0. The van der Waals surface area contributed by atoms with Gasteiger partial charge >= 0.3 is 0 Å². The third-order valence-electron chi connectivity index (χ3n) is 3.30. The number of fused-ring (bicyclic) bond motifs is 1. The van der Waals surface area contributed by atoms with Crippen molar-refractivity contribution in [3.63, 3.8) is 0 Å². The second-order valence-corrected chi connectivity index (χ2v) is 5.34. The topological polar surface area (TPSA) is 43.1 Å². The lowest BCUT2D eigenvalue weighted by Gasteiger charge is -2.17. The van der Waals surface area contributed by atoms with Gasteiger partial charge in [0.2, 0.25) is 0 Å². The van der Waals surface area contributed by atoms with Gasteiger partial charge in [0.05, 0.1) is 6.04 Å². The molecule has 0 aliphatic carbocycles. The normalized spacial score (nSPS) is 14.8. The number of ketones is 1. The quantitative estimate of drug-likeness (QED) is 0.841. The molecule has 3 heteroatoms. The Bertz CT molecular complexity index is 532. The van der Waals surface area contributed by atoms with Crippen LogP contribution in [0.25, 0.3) is 10.1 Å². The van der Waals surface area contributed by atoms with Gasteiger partial charge in [-0.15, -0.1) is 11.3 Å². The number of hydrogen-bond acceptors (Lipinski definition) is 3. The first-order valence-electron chi connectivity index (χ1n) is 5.91. The Morgan fingerprint density at radius 3 is 2.88 bits per heavy atom. The van der Waals surface area contributed by atoms with Crippen molar-refractivity contribution in [2.24, 2.45) is 11.7 Å². The summed E-state index contributed by atoms with van der Waals surface area (Å²) >= 11 is 1.60. The minimum absolute atomic E-state index is 0.0624. The second kappa shape index (κ2) is 4.98. The van der Waals surface area contributed by atoms with Crippen LogP contribution in [0.5, 0.6) is 0 Å².